The summed E-state index contributed by atoms with van der Waals surface area (Å²) in [4.78, 5) is 41.9. The first-order chi connectivity index (χ1) is 13.1. The molecule has 1 aliphatic rings. The summed E-state index contributed by atoms with van der Waals surface area (Å²) in [6.07, 6.45) is -4.61. The Hall–Kier alpha value is -2.55. The third-order valence-electron chi connectivity index (χ3n) is 5.27. The highest BCUT2D eigenvalue weighted by Gasteiger charge is 2.56. The number of aryl methyl sites for hydroxylation is 1. The van der Waals surface area contributed by atoms with E-state index in [1.165, 1.54) is 46.8 Å². The number of aromatic nitrogens is 1. The summed E-state index contributed by atoms with van der Waals surface area (Å²) in [5.74, 6) is -2.86. The zero-order chi connectivity index (χ0) is 22.1. The molecule has 154 valence electrons. The highest BCUT2D eigenvalue weighted by molar-refractivity contribution is 7.18. The molecule has 5 nitrogen and oxygen atoms in total. The highest BCUT2D eigenvalue weighted by Crippen LogP contribution is 2.43. The largest absolute Gasteiger partial charge is 0.506 e. The molecule has 0 saturated heterocycles. The summed E-state index contributed by atoms with van der Waals surface area (Å²) in [5, 5.41) is 9.79. The number of aliphatic hydroxyl groups excluding tert-OH is 1. The molecular formula is C20H18F3NO4S. The molecule has 1 saturated carbocycles. The van der Waals surface area contributed by atoms with Gasteiger partial charge in [-0.15, -0.1) is 11.3 Å². The van der Waals surface area contributed by atoms with Crippen LogP contribution in [0.15, 0.2) is 17.7 Å². The first-order valence-electron chi connectivity index (χ1n) is 8.67. The Balaban J connectivity index is 2.27. The number of aliphatic hydroxyl groups is 1. The Morgan fingerprint density at radius 1 is 1.03 bits per heavy atom. The van der Waals surface area contributed by atoms with Crippen molar-refractivity contribution in [1.29, 1.82) is 0 Å². The van der Waals surface area contributed by atoms with Crippen molar-refractivity contribution in [3.63, 3.8) is 0 Å². The lowest BCUT2D eigenvalue weighted by molar-refractivity contribution is -0.151. The van der Waals surface area contributed by atoms with E-state index in [4.69, 9.17) is 0 Å². The summed E-state index contributed by atoms with van der Waals surface area (Å²) in [7, 11) is 0. The molecule has 3 rings (SSSR count). The number of fused-ring (bicyclic) bond motifs is 1. The van der Waals surface area contributed by atoms with Crippen molar-refractivity contribution in [2.75, 3.05) is 0 Å². The van der Waals surface area contributed by atoms with Crippen molar-refractivity contribution >= 4 is 44.7 Å². The molecule has 1 aromatic carbocycles. The molecule has 0 unspecified atom stereocenters. The van der Waals surface area contributed by atoms with Crippen LogP contribution in [-0.4, -0.2) is 27.4 Å². The van der Waals surface area contributed by atoms with Crippen molar-refractivity contribution in [2.24, 2.45) is 10.8 Å². The van der Waals surface area contributed by atoms with E-state index in [0.29, 0.717) is 11.3 Å². The molecule has 9 heteroatoms. The van der Waals surface area contributed by atoms with Crippen LogP contribution >= 0.6 is 11.3 Å². The second kappa shape index (κ2) is 6.22. The van der Waals surface area contributed by atoms with Gasteiger partial charge in [-0.1, -0.05) is 0 Å². The summed E-state index contributed by atoms with van der Waals surface area (Å²) >= 11 is 0.463. The topological polar surface area (TPSA) is 84.3 Å². The first kappa shape index (κ1) is 21.2. The standard InChI is InChI=1S/C20H18F3NO4S/c1-8-9(6-7-10-12(8)24-17(29-10)20(21,22)23)13(25)11-14(26)18(2,3)16(28)19(4,5)15(11)27/h6-7,25H,1-5H3. The predicted octanol–water partition coefficient (Wildman–Crippen LogP) is 4.67. The van der Waals surface area contributed by atoms with Gasteiger partial charge in [-0.05, 0) is 52.3 Å². The average molecular weight is 425 g/mol. The number of carbonyl (C=O) groups is 3. The molecule has 0 radical (unpaired) electrons. The van der Waals surface area contributed by atoms with Crippen molar-refractivity contribution in [2.45, 2.75) is 40.8 Å². The lowest BCUT2D eigenvalue weighted by Gasteiger charge is -2.37. The molecule has 29 heavy (non-hydrogen) atoms. The van der Waals surface area contributed by atoms with Gasteiger partial charge in [-0.3, -0.25) is 14.4 Å². The average Bonchev–Trinajstić information content (AvgIpc) is 3.05. The number of ketones is 3. The smallest absolute Gasteiger partial charge is 0.443 e. The van der Waals surface area contributed by atoms with Gasteiger partial charge < -0.3 is 5.11 Å². The molecule has 0 atom stereocenters. The van der Waals surface area contributed by atoms with Gasteiger partial charge >= 0.3 is 6.18 Å². The van der Waals surface area contributed by atoms with E-state index in [-0.39, 0.29) is 21.3 Å². The molecule has 1 aliphatic carbocycles. The van der Waals surface area contributed by atoms with Gasteiger partial charge in [0.05, 0.1) is 21.0 Å². The Morgan fingerprint density at radius 2 is 1.55 bits per heavy atom. The van der Waals surface area contributed by atoms with E-state index in [2.05, 4.69) is 4.98 Å². The Morgan fingerprint density at radius 3 is 2.03 bits per heavy atom. The number of benzene rings is 1. The number of halogens is 3. The summed E-state index contributed by atoms with van der Waals surface area (Å²) in [6.45, 7) is 6.97. The second-order valence-electron chi connectivity index (χ2n) is 8.06. The van der Waals surface area contributed by atoms with E-state index < -0.39 is 50.7 Å². The predicted molar refractivity (Wildman–Crippen MR) is 101 cm³/mol. The van der Waals surface area contributed by atoms with Crippen LogP contribution in [-0.2, 0) is 20.6 Å². The van der Waals surface area contributed by atoms with E-state index >= 15 is 0 Å². The van der Waals surface area contributed by atoms with Crippen LogP contribution in [0.1, 0.15) is 43.8 Å². The fourth-order valence-electron chi connectivity index (χ4n) is 3.57. The maximum Gasteiger partial charge on any atom is 0.443 e. The Kier molecular flexibility index (Phi) is 4.54. The number of alkyl halides is 3. The lowest BCUT2D eigenvalue weighted by atomic mass is 9.60. The molecule has 1 N–H and O–H groups in total. The van der Waals surface area contributed by atoms with Gasteiger partial charge in [-0.2, -0.15) is 13.2 Å². The quantitative estimate of drug-likeness (QED) is 0.311. The van der Waals surface area contributed by atoms with Crippen LogP contribution in [0.2, 0.25) is 0 Å². The third-order valence-corrected chi connectivity index (χ3v) is 6.34. The number of hydrogen-bond acceptors (Lipinski definition) is 6. The van der Waals surface area contributed by atoms with E-state index in [1.807, 2.05) is 0 Å². The minimum atomic E-state index is -4.61. The fourth-order valence-corrected chi connectivity index (χ4v) is 4.46. The van der Waals surface area contributed by atoms with Gasteiger partial charge in [0.1, 0.15) is 11.3 Å². The highest BCUT2D eigenvalue weighted by atomic mass is 32.1. The van der Waals surface area contributed by atoms with Gasteiger partial charge in [0.25, 0.3) is 0 Å². The summed E-state index contributed by atoms with van der Waals surface area (Å²) in [6, 6.07) is 2.69. The van der Waals surface area contributed by atoms with Crippen molar-refractivity contribution in [3.05, 3.63) is 33.8 Å². The van der Waals surface area contributed by atoms with Gasteiger partial charge in [0, 0.05) is 5.56 Å². The van der Waals surface area contributed by atoms with Crippen molar-refractivity contribution in [3.8, 4) is 0 Å². The molecule has 0 bridgehead atoms. The Labute approximate surface area is 168 Å². The van der Waals surface area contributed by atoms with Crippen LogP contribution in [0.5, 0.6) is 0 Å². The van der Waals surface area contributed by atoms with Crippen LogP contribution in [0.25, 0.3) is 16.0 Å². The fraction of sp³-hybridized carbons (Fsp3) is 0.400. The SMILES string of the molecule is Cc1c(C(O)=C2C(=O)C(C)(C)C(=O)C(C)(C)C2=O)ccc2sc(C(F)(F)F)nc12. The molecular weight excluding hydrogens is 407 g/mol. The number of nitrogens with zero attached hydrogens (tertiary/aromatic N) is 1. The second-order valence-corrected chi connectivity index (χ2v) is 9.09. The molecule has 1 heterocycles. The van der Waals surface area contributed by atoms with Crippen molar-refractivity contribution < 1.29 is 32.7 Å². The zero-order valence-corrected chi connectivity index (χ0v) is 17.1. The van der Waals surface area contributed by atoms with Crippen LogP contribution < -0.4 is 0 Å². The van der Waals surface area contributed by atoms with Crippen LogP contribution in [0.3, 0.4) is 0 Å². The number of thiazole rings is 1. The third kappa shape index (κ3) is 2.99. The van der Waals surface area contributed by atoms with Gasteiger partial charge in [0.2, 0.25) is 0 Å². The van der Waals surface area contributed by atoms with E-state index in [9.17, 15) is 32.7 Å². The molecule has 1 fully saturated rings. The van der Waals surface area contributed by atoms with Crippen LogP contribution in [0, 0.1) is 17.8 Å². The molecule has 2 aromatic rings. The summed E-state index contributed by atoms with van der Waals surface area (Å²) < 4.78 is 39.2. The molecule has 0 spiro atoms. The number of allylic oxidation sites excluding steroid dienone is 1. The minimum Gasteiger partial charge on any atom is -0.506 e. The Bertz CT molecular complexity index is 1090. The lowest BCUT2D eigenvalue weighted by Crippen LogP contribution is -2.54. The first-order valence-corrected chi connectivity index (χ1v) is 9.49. The summed E-state index contributed by atoms with van der Waals surface area (Å²) in [5.41, 5.74) is -3.32. The maximum absolute atomic E-state index is 13.0. The van der Waals surface area contributed by atoms with Crippen LogP contribution in [0.4, 0.5) is 13.2 Å². The number of Topliss-reactive ketones (excluding diaryl/α,β-unsaturated/α-hetero) is 3. The minimum absolute atomic E-state index is 0.0224. The zero-order valence-electron chi connectivity index (χ0n) is 16.3. The van der Waals surface area contributed by atoms with Gasteiger partial charge in [-0.25, -0.2) is 4.98 Å². The molecule has 0 amide bonds. The van der Waals surface area contributed by atoms with E-state index in [1.54, 1.807) is 0 Å². The van der Waals surface area contributed by atoms with Crippen molar-refractivity contribution in [1.82, 2.24) is 4.98 Å². The number of hydrogen-bond donors (Lipinski definition) is 1. The molecule has 1 aromatic heterocycles. The number of carbonyl (C=O) groups excluding carboxylic acids is 3. The van der Waals surface area contributed by atoms with Gasteiger partial charge in [0.15, 0.2) is 22.4 Å². The molecule has 0 aliphatic heterocycles. The number of rotatable bonds is 1. The monoisotopic (exact) mass is 425 g/mol. The normalized spacial score (nSPS) is 19.2. The van der Waals surface area contributed by atoms with E-state index in [0.717, 1.165) is 0 Å². The maximum atomic E-state index is 13.0.